The van der Waals surface area contributed by atoms with Crippen molar-refractivity contribution in [2.75, 3.05) is 33.4 Å². The highest BCUT2D eigenvalue weighted by Crippen LogP contribution is 2.08. The van der Waals surface area contributed by atoms with E-state index in [0.29, 0.717) is 38.9 Å². The number of hydrogen-bond donors (Lipinski definition) is 0. The van der Waals surface area contributed by atoms with E-state index < -0.39 is 0 Å². The van der Waals surface area contributed by atoms with Gasteiger partial charge in [0.2, 0.25) is 0 Å². The molecule has 0 spiro atoms. The van der Waals surface area contributed by atoms with Crippen molar-refractivity contribution in [3.63, 3.8) is 0 Å². The summed E-state index contributed by atoms with van der Waals surface area (Å²) in [5.41, 5.74) is 0. The second-order valence-electron chi connectivity index (χ2n) is 4.22. The van der Waals surface area contributed by atoms with Crippen LogP contribution < -0.4 is 4.74 Å². The number of amides is 1. The fraction of sp³-hybridized carbons (Fsp3) is 0.727. The lowest BCUT2D eigenvalue weighted by Gasteiger charge is -2.27. The Morgan fingerprint density at radius 2 is 2.26 bits per heavy atom. The van der Waals surface area contributed by atoms with Gasteiger partial charge in [0, 0.05) is 13.1 Å². The molecule has 1 amide bonds. The van der Waals surface area contributed by atoms with Gasteiger partial charge in [0.15, 0.2) is 0 Å². The Hall–Kier alpha value is -1.83. The molecule has 106 valence electrons. The quantitative estimate of drug-likeness (QED) is 0.774. The Morgan fingerprint density at radius 3 is 2.95 bits per heavy atom. The Bertz CT molecular complexity index is 417. The SMILES string of the molecule is COc1ncnn1CC(C)OC(=O)N1CCOCC1. The first-order chi connectivity index (χ1) is 9.20. The Labute approximate surface area is 111 Å². The fourth-order valence-corrected chi connectivity index (χ4v) is 1.81. The standard InChI is InChI=1S/C11H18N4O4/c1-9(7-15-10(17-2)12-8-13-15)19-11(16)14-3-5-18-6-4-14/h8-9H,3-7H2,1-2H3. The van der Waals surface area contributed by atoms with Crippen molar-refractivity contribution in [2.45, 2.75) is 19.6 Å². The summed E-state index contributed by atoms with van der Waals surface area (Å²) in [5.74, 6) is 0. The molecule has 8 heteroatoms. The van der Waals surface area contributed by atoms with E-state index in [1.165, 1.54) is 13.4 Å². The van der Waals surface area contributed by atoms with Crippen LogP contribution in [0.15, 0.2) is 6.33 Å². The average Bonchev–Trinajstić information content (AvgIpc) is 2.86. The average molecular weight is 270 g/mol. The normalized spacial score (nSPS) is 17.1. The smallest absolute Gasteiger partial charge is 0.410 e. The second-order valence-corrected chi connectivity index (χ2v) is 4.22. The Kier molecular flexibility index (Phi) is 4.56. The number of morpholine rings is 1. The number of carbonyl (C=O) groups excluding carboxylic acids is 1. The summed E-state index contributed by atoms with van der Waals surface area (Å²) in [6, 6.07) is 0.397. The van der Waals surface area contributed by atoms with Crippen LogP contribution in [0.3, 0.4) is 0 Å². The van der Waals surface area contributed by atoms with Crippen LogP contribution in [0.5, 0.6) is 6.01 Å². The third-order valence-corrected chi connectivity index (χ3v) is 2.76. The van der Waals surface area contributed by atoms with E-state index in [9.17, 15) is 4.79 Å². The molecule has 1 aromatic heterocycles. The topological polar surface area (TPSA) is 78.7 Å². The number of hydrogen-bond acceptors (Lipinski definition) is 6. The number of methoxy groups -OCH3 is 1. The summed E-state index contributed by atoms with van der Waals surface area (Å²) < 4.78 is 17.1. The van der Waals surface area contributed by atoms with Gasteiger partial charge in [-0.3, -0.25) is 0 Å². The maximum absolute atomic E-state index is 11.9. The molecular formula is C11H18N4O4. The largest absolute Gasteiger partial charge is 0.467 e. The predicted molar refractivity (Wildman–Crippen MR) is 64.9 cm³/mol. The number of nitrogens with zero attached hydrogens (tertiary/aromatic N) is 4. The maximum atomic E-state index is 11.9. The Balaban J connectivity index is 1.83. The highest BCUT2D eigenvalue weighted by molar-refractivity contribution is 5.67. The van der Waals surface area contributed by atoms with E-state index >= 15 is 0 Å². The lowest BCUT2D eigenvalue weighted by atomic mass is 10.4. The van der Waals surface area contributed by atoms with Gasteiger partial charge in [0.25, 0.3) is 0 Å². The lowest BCUT2D eigenvalue weighted by molar-refractivity contribution is 0.0120. The zero-order valence-electron chi connectivity index (χ0n) is 11.1. The minimum absolute atomic E-state index is 0.314. The number of carbonyl (C=O) groups is 1. The molecule has 0 N–H and O–H groups in total. The zero-order valence-corrected chi connectivity index (χ0v) is 11.1. The van der Waals surface area contributed by atoms with Gasteiger partial charge in [-0.1, -0.05) is 0 Å². The minimum atomic E-state index is -0.324. The first-order valence-electron chi connectivity index (χ1n) is 6.16. The molecule has 8 nitrogen and oxygen atoms in total. The number of ether oxygens (including phenoxy) is 3. The Morgan fingerprint density at radius 1 is 1.53 bits per heavy atom. The van der Waals surface area contributed by atoms with Crippen LogP contribution in [0.4, 0.5) is 4.79 Å². The van der Waals surface area contributed by atoms with E-state index in [0.717, 1.165) is 0 Å². The van der Waals surface area contributed by atoms with Crippen molar-refractivity contribution in [1.29, 1.82) is 0 Å². The molecule has 1 atom stereocenters. The summed E-state index contributed by atoms with van der Waals surface area (Å²) in [6.45, 7) is 4.45. The summed E-state index contributed by atoms with van der Waals surface area (Å²) >= 11 is 0. The molecule has 0 saturated carbocycles. The predicted octanol–water partition coefficient (Wildman–Crippen LogP) is 0.144. The molecule has 1 aromatic rings. The van der Waals surface area contributed by atoms with Crippen LogP contribution in [0, 0.1) is 0 Å². The van der Waals surface area contributed by atoms with E-state index in [1.54, 1.807) is 16.5 Å². The summed E-state index contributed by atoms with van der Waals surface area (Å²) in [7, 11) is 1.52. The van der Waals surface area contributed by atoms with Crippen molar-refractivity contribution in [3.05, 3.63) is 6.33 Å². The highest BCUT2D eigenvalue weighted by Gasteiger charge is 2.21. The highest BCUT2D eigenvalue weighted by atomic mass is 16.6. The van der Waals surface area contributed by atoms with E-state index in [1.807, 2.05) is 0 Å². The zero-order chi connectivity index (χ0) is 13.7. The van der Waals surface area contributed by atoms with Crippen LogP contribution in [-0.4, -0.2) is 65.3 Å². The molecule has 2 rings (SSSR count). The van der Waals surface area contributed by atoms with Crippen molar-refractivity contribution >= 4 is 6.09 Å². The summed E-state index contributed by atoms with van der Waals surface area (Å²) in [4.78, 5) is 17.4. The van der Waals surface area contributed by atoms with Crippen molar-refractivity contribution in [1.82, 2.24) is 19.7 Å². The molecule has 1 saturated heterocycles. The summed E-state index contributed by atoms with van der Waals surface area (Å²) in [5, 5.41) is 4.00. The third-order valence-electron chi connectivity index (χ3n) is 2.76. The van der Waals surface area contributed by atoms with Gasteiger partial charge in [-0.2, -0.15) is 10.1 Å². The van der Waals surface area contributed by atoms with Gasteiger partial charge in [0.1, 0.15) is 12.4 Å². The van der Waals surface area contributed by atoms with Crippen LogP contribution in [0.2, 0.25) is 0 Å². The molecule has 0 aliphatic carbocycles. The third kappa shape index (κ3) is 3.57. The van der Waals surface area contributed by atoms with Gasteiger partial charge in [-0.25, -0.2) is 9.48 Å². The van der Waals surface area contributed by atoms with Gasteiger partial charge in [0.05, 0.1) is 26.9 Å². The monoisotopic (exact) mass is 270 g/mol. The fourth-order valence-electron chi connectivity index (χ4n) is 1.81. The van der Waals surface area contributed by atoms with E-state index in [4.69, 9.17) is 14.2 Å². The molecule has 1 aliphatic heterocycles. The van der Waals surface area contributed by atoms with Gasteiger partial charge < -0.3 is 19.1 Å². The molecule has 19 heavy (non-hydrogen) atoms. The first kappa shape index (κ1) is 13.6. The molecule has 0 aromatic carbocycles. The van der Waals surface area contributed by atoms with Crippen LogP contribution in [-0.2, 0) is 16.0 Å². The van der Waals surface area contributed by atoms with Crippen LogP contribution in [0.1, 0.15) is 6.92 Å². The maximum Gasteiger partial charge on any atom is 0.410 e. The number of aromatic nitrogens is 3. The van der Waals surface area contributed by atoms with Crippen molar-refractivity contribution < 1.29 is 19.0 Å². The lowest BCUT2D eigenvalue weighted by Crippen LogP contribution is -2.42. The van der Waals surface area contributed by atoms with Gasteiger partial charge in [-0.05, 0) is 6.92 Å². The van der Waals surface area contributed by atoms with Gasteiger partial charge >= 0.3 is 12.1 Å². The van der Waals surface area contributed by atoms with Crippen LogP contribution in [0.25, 0.3) is 0 Å². The molecule has 1 unspecified atom stereocenters. The first-order valence-corrected chi connectivity index (χ1v) is 6.16. The van der Waals surface area contributed by atoms with Crippen molar-refractivity contribution in [3.8, 4) is 6.01 Å². The minimum Gasteiger partial charge on any atom is -0.467 e. The molecular weight excluding hydrogens is 252 g/mol. The number of rotatable bonds is 4. The second kappa shape index (κ2) is 6.37. The molecule has 1 fully saturated rings. The molecule has 2 heterocycles. The van der Waals surface area contributed by atoms with E-state index in [-0.39, 0.29) is 12.2 Å². The molecule has 1 aliphatic rings. The molecule has 0 bridgehead atoms. The summed E-state index contributed by atoms with van der Waals surface area (Å²) in [6.07, 6.45) is 0.760. The van der Waals surface area contributed by atoms with Crippen LogP contribution >= 0.6 is 0 Å². The van der Waals surface area contributed by atoms with Gasteiger partial charge in [-0.15, -0.1) is 0 Å². The molecule has 0 radical (unpaired) electrons. The van der Waals surface area contributed by atoms with E-state index in [2.05, 4.69) is 10.1 Å². The van der Waals surface area contributed by atoms with Crippen molar-refractivity contribution in [2.24, 2.45) is 0 Å².